The number of nitrogens with one attached hydrogen (secondary N) is 1. The fourth-order valence-electron chi connectivity index (χ4n) is 1.65. The summed E-state index contributed by atoms with van der Waals surface area (Å²) < 4.78 is 0. The van der Waals surface area contributed by atoms with Gasteiger partial charge in [-0.3, -0.25) is 19.8 Å². The van der Waals surface area contributed by atoms with Crippen molar-refractivity contribution >= 4 is 29.2 Å². The van der Waals surface area contributed by atoms with Crippen molar-refractivity contribution in [2.24, 2.45) is 0 Å². The van der Waals surface area contributed by atoms with Gasteiger partial charge in [-0.25, -0.2) is 4.79 Å². The summed E-state index contributed by atoms with van der Waals surface area (Å²) in [6.07, 6.45) is 0.565. The third kappa shape index (κ3) is 1.83. The van der Waals surface area contributed by atoms with Crippen LogP contribution >= 0.6 is 11.3 Å². The molecule has 1 saturated heterocycles. The normalized spacial score (nSPS) is 17.8. The van der Waals surface area contributed by atoms with E-state index < -0.39 is 17.8 Å². The van der Waals surface area contributed by atoms with Crippen LogP contribution in [0.2, 0.25) is 0 Å². The van der Waals surface area contributed by atoms with Crippen molar-refractivity contribution in [3.63, 3.8) is 0 Å². The minimum atomic E-state index is -0.845. The largest absolute Gasteiger partial charge is 0.331 e. The molecule has 1 aromatic heterocycles. The summed E-state index contributed by atoms with van der Waals surface area (Å²) >= 11 is 1.56. The monoisotopic (exact) mass is 238 g/mol. The van der Waals surface area contributed by atoms with Gasteiger partial charge in [-0.1, -0.05) is 0 Å². The maximum atomic E-state index is 11.4. The standard InChI is InChI=1S/C10H10N2O3S/c1-6(4-7-2-3-16-5-7)12-9(14)8(13)11-10(12)15/h2-3,5-6H,4H2,1H3,(H,11,13,15). The molecule has 1 fully saturated rings. The first-order valence-corrected chi connectivity index (χ1v) is 5.73. The number of rotatable bonds is 3. The summed E-state index contributed by atoms with van der Waals surface area (Å²) in [5, 5.41) is 5.86. The van der Waals surface area contributed by atoms with Gasteiger partial charge in [0.05, 0.1) is 0 Å². The summed E-state index contributed by atoms with van der Waals surface area (Å²) in [6, 6.07) is 0.993. The van der Waals surface area contributed by atoms with E-state index >= 15 is 0 Å². The SMILES string of the molecule is CC(Cc1ccsc1)N1C(=O)NC(=O)C1=O. The lowest BCUT2D eigenvalue weighted by molar-refractivity contribution is -0.140. The number of amides is 4. The highest BCUT2D eigenvalue weighted by Gasteiger charge is 2.39. The van der Waals surface area contributed by atoms with Crippen LogP contribution in [0.1, 0.15) is 12.5 Å². The summed E-state index contributed by atoms with van der Waals surface area (Å²) in [5.41, 5.74) is 1.05. The van der Waals surface area contributed by atoms with Crippen molar-refractivity contribution in [2.45, 2.75) is 19.4 Å². The van der Waals surface area contributed by atoms with Crippen molar-refractivity contribution in [3.8, 4) is 0 Å². The topological polar surface area (TPSA) is 66.5 Å². The molecule has 84 valence electrons. The van der Waals surface area contributed by atoms with Gasteiger partial charge in [0.2, 0.25) is 0 Å². The second-order valence-corrected chi connectivity index (χ2v) is 4.40. The molecule has 0 aromatic carbocycles. The lowest BCUT2D eigenvalue weighted by Gasteiger charge is -2.19. The molecule has 1 aromatic rings. The zero-order valence-electron chi connectivity index (χ0n) is 8.60. The fourth-order valence-corrected chi connectivity index (χ4v) is 2.34. The Bertz CT molecular complexity index is 441. The third-order valence-corrected chi connectivity index (χ3v) is 3.14. The van der Waals surface area contributed by atoms with Crippen LogP contribution in [0.4, 0.5) is 4.79 Å². The summed E-state index contributed by atoms with van der Waals surface area (Å²) in [7, 11) is 0. The van der Waals surface area contributed by atoms with Gasteiger partial charge in [0, 0.05) is 6.04 Å². The van der Waals surface area contributed by atoms with Crippen LogP contribution in [0.3, 0.4) is 0 Å². The van der Waals surface area contributed by atoms with Crippen molar-refractivity contribution in [1.29, 1.82) is 0 Å². The highest BCUT2D eigenvalue weighted by Crippen LogP contribution is 2.14. The first-order chi connectivity index (χ1) is 7.59. The fraction of sp³-hybridized carbons (Fsp3) is 0.300. The smallest absolute Gasteiger partial charge is 0.269 e. The number of urea groups is 1. The van der Waals surface area contributed by atoms with Crippen LogP contribution in [0.15, 0.2) is 16.8 Å². The van der Waals surface area contributed by atoms with Crippen LogP contribution in [0, 0.1) is 0 Å². The molecule has 0 bridgehead atoms. The lowest BCUT2D eigenvalue weighted by atomic mass is 10.1. The predicted molar refractivity (Wildman–Crippen MR) is 57.9 cm³/mol. The molecule has 0 radical (unpaired) electrons. The van der Waals surface area contributed by atoms with E-state index in [2.05, 4.69) is 0 Å². The average molecular weight is 238 g/mol. The van der Waals surface area contributed by atoms with E-state index in [1.165, 1.54) is 0 Å². The molecule has 1 unspecified atom stereocenters. The van der Waals surface area contributed by atoms with Crippen LogP contribution in [0.25, 0.3) is 0 Å². The molecule has 5 nitrogen and oxygen atoms in total. The van der Waals surface area contributed by atoms with Crippen LogP contribution in [-0.2, 0) is 16.0 Å². The first-order valence-electron chi connectivity index (χ1n) is 4.79. The number of carbonyl (C=O) groups is 3. The Balaban J connectivity index is 2.10. The average Bonchev–Trinajstić information content (AvgIpc) is 2.77. The molecule has 4 amide bonds. The molecule has 2 heterocycles. The molecule has 0 saturated carbocycles. The molecule has 6 heteroatoms. The van der Waals surface area contributed by atoms with E-state index in [-0.39, 0.29) is 6.04 Å². The molecule has 16 heavy (non-hydrogen) atoms. The molecule has 1 aliphatic rings. The number of nitrogens with zero attached hydrogens (tertiary/aromatic N) is 1. The van der Waals surface area contributed by atoms with E-state index in [0.717, 1.165) is 10.5 Å². The van der Waals surface area contributed by atoms with Gasteiger partial charge in [-0.15, -0.1) is 0 Å². The Labute approximate surface area is 96.0 Å². The summed E-state index contributed by atoms with van der Waals surface area (Å²) in [5.74, 6) is -1.62. The molecule has 0 spiro atoms. The Morgan fingerprint density at radius 2 is 2.19 bits per heavy atom. The number of thiophene rings is 1. The maximum Gasteiger partial charge on any atom is 0.331 e. The molecular weight excluding hydrogens is 228 g/mol. The van der Waals surface area contributed by atoms with Gasteiger partial charge < -0.3 is 0 Å². The van der Waals surface area contributed by atoms with Gasteiger partial charge in [0.1, 0.15) is 0 Å². The van der Waals surface area contributed by atoms with E-state index in [4.69, 9.17) is 0 Å². The minimum absolute atomic E-state index is 0.312. The van der Waals surface area contributed by atoms with Gasteiger partial charge in [0.25, 0.3) is 0 Å². The molecule has 2 rings (SSSR count). The summed E-state index contributed by atoms with van der Waals surface area (Å²) in [4.78, 5) is 34.7. The molecule has 1 atom stereocenters. The highest BCUT2D eigenvalue weighted by atomic mass is 32.1. The van der Waals surface area contributed by atoms with E-state index in [1.807, 2.05) is 22.1 Å². The second-order valence-electron chi connectivity index (χ2n) is 3.62. The van der Waals surface area contributed by atoms with Crippen molar-refractivity contribution in [3.05, 3.63) is 22.4 Å². The summed E-state index contributed by atoms with van der Waals surface area (Å²) in [6.45, 7) is 1.74. The first kappa shape index (κ1) is 10.8. The Hall–Kier alpha value is -1.69. The zero-order valence-corrected chi connectivity index (χ0v) is 9.41. The quantitative estimate of drug-likeness (QED) is 0.624. The van der Waals surface area contributed by atoms with E-state index in [9.17, 15) is 14.4 Å². The zero-order chi connectivity index (χ0) is 11.7. The third-order valence-electron chi connectivity index (χ3n) is 2.40. The van der Waals surface area contributed by atoms with Gasteiger partial charge in [-0.05, 0) is 35.7 Å². The number of hydrogen-bond donors (Lipinski definition) is 1. The number of hydrogen-bond acceptors (Lipinski definition) is 4. The van der Waals surface area contributed by atoms with Crippen molar-refractivity contribution in [1.82, 2.24) is 10.2 Å². The van der Waals surface area contributed by atoms with E-state index in [0.29, 0.717) is 6.42 Å². The molecule has 0 aliphatic carbocycles. The van der Waals surface area contributed by atoms with Crippen molar-refractivity contribution < 1.29 is 14.4 Å². The molecule has 1 N–H and O–H groups in total. The minimum Gasteiger partial charge on any atom is -0.269 e. The number of carbonyl (C=O) groups excluding carboxylic acids is 3. The molecular formula is C10H10N2O3S. The Kier molecular flexibility index (Phi) is 2.74. The van der Waals surface area contributed by atoms with Gasteiger partial charge in [0.15, 0.2) is 0 Å². The lowest BCUT2D eigenvalue weighted by Crippen LogP contribution is -2.40. The highest BCUT2D eigenvalue weighted by molar-refractivity contribution is 7.07. The Morgan fingerprint density at radius 1 is 1.44 bits per heavy atom. The van der Waals surface area contributed by atoms with Gasteiger partial charge in [-0.2, -0.15) is 11.3 Å². The van der Waals surface area contributed by atoms with Crippen LogP contribution in [-0.4, -0.2) is 28.8 Å². The van der Waals surface area contributed by atoms with Crippen LogP contribution in [0.5, 0.6) is 0 Å². The second kappa shape index (κ2) is 4.05. The number of imide groups is 2. The van der Waals surface area contributed by atoms with Crippen LogP contribution < -0.4 is 5.32 Å². The van der Waals surface area contributed by atoms with Gasteiger partial charge >= 0.3 is 17.8 Å². The van der Waals surface area contributed by atoms with Crippen molar-refractivity contribution in [2.75, 3.05) is 0 Å². The maximum absolute atomic E-state index is 11.4. The molecule has 1 aliphatic heterocycles. The predicted octanol–water partition coefficient (Wildman–Crippen LogP) is 0.758. The Morgan fingerprint density at radius 3 is 2.69 bits per heavy atom. The van der Waals surface area contributed by atoms with E-state index in [1.54, 1.807) is 18.3 Å².